The van der Waals surface area contributed by atoms with Crippen molar-refractivity contribution in [2.24, 2.45) is 0 Å². The van der Waals surface area contributed by atoms with Crippen LogP contribution in [-0.2, 0) is 4.79 Å². The first kappa shape index (κ1) is 14.9. The summed E-state index contributed by atoms with van der Waals surface area (Å²) in [5.41, 5.74) is 2.13. The lowest BCUT2D eigenvalue weighted by molar-refractivity contribution is -0.122. The van der Waals surface area contributed by atoms with Gasteiger partial charge in [0.25, 0.3) is 0 Å². The average molecular weight is 336 g/mol. The molecular formula is C15H18BrN3O. The van der Waals surface area contributed by atoms with E-state index >= 15 is 0 Å². The van der Waals surface area contributed by atoms with Crippen LogP contribution in [0.15, 0.2) is 22.7 Å². The summed E-state index contributed by atoms with van der Waals surface area (Å²) in [6.45, 7) is 4.78. The molecule has 2 atom stereocenters. The molecule has 1 heterocycles. The molecule has 1 aliphatic rings. The van der Waals surface area contributed by atoms with Gasteiger partial charge in [-0.1, -0.05) is 6.07 Å². The molecule has 1 saturated heterocycles. The second-order valence-corrected chi connectivity index (χ2v) is 6.08. The van der Waals surface area contributed by atoms with Crippen molar-refractivity contribution in [3.63, 3.8) is 0 Å². The van der Waals surface area contributed by atoms with E-state index in [2.05, 4.69) is 27.3 Å². The van der Waals surface area contributed by atoms with E-state index in [1.54, 1.807) is 0 Å². The fourth-order valence-corrected chi connectivity index (χ4v) is 3.18. The molecule has 20 heavy (non-hydrogen) atoms. The molecular weight excluding hydrogens is 318 g/mol. The number of hydrogen-bond donors (Lipinski definition) is 1. The third-order valence-electron chi connectivity index (χ3n) is 3.57. The van der Waals surface area contributed by atoms with Crippen LogP contribution in [0.2, 0.25) is 0 Å². The van der Waals surface area contributed by atoms with Gasteiger partial charge in [0.15, 0.2) is 0 Å². The van der Waals surface area contributed by atoms with Crippen molar-refractivity contribution in [2.45, 2.75) is 38.8 Å². The summed E-state index contributed by atoms with van der Waals surface area (Å²) in [5.74, 6) is -0.0657. The standard InChI is InChI=1S/C15H18BrN3O/c1-10-3-4-13(12(16)9-10)19-8-6-11(2)18-15(20)14(19)5-7-17/h3-4,9,11,14H,5-6,8H2,1-2H3,(H,18,20). The molecule has 0 saturated carbocycles. The maximum Gasteiger partial charge on any atom is 0.243 e. The second kappa shape index (κ2) is 6.27. The Labute approximate surface area is 127 Å². The monoisotopic (exact) mass is 335 g/mol. The number of carbonyl (C=O) groups excluding carboxylic acids is 1. The lowest BCUT2D eigenvalue weighted by Crippen LogP contribution is -2.45. The van der Waals surface area contributed by atoms with Crippen LogP contribution in [0, 0.1) is 18.3 Å². The Hall–Kier alpha value is -1.54. The summed E-state index contributed by atoms with van der Waals surface area (Å²) in [7, 11) is 0. The maximum absolute atomic E-state index is 12.3. The third-order valence-corrected chi connectivity index (χ3v) is 4.20. The Bertz CT molecular complexity index is 553. The van der Waals surface area contributed by atoms with Crippen molar-refractivity contribution < 1.29 is 4.79 Å². The first-order valence-corrected chi connectivity index (χ1v) is 7.52. The van der Waals surface area contributed by atoms with E-state index < -0.39 is 6.04 Å². The quantitative estimate of drug-likeness (QED) is 0.904. The molecule has 1 aromatic rings. The van der Waals surface area contributed by atoms with Crippen molar-refractivity contribution in [1.82, 2.24) is 5.32 Å². The zero-order valence-corrected chi connectivity index (χ0v) is 13.3. The third kappa shape index (κ3) is 3.13. The number of benzene rings is 1. The molecule has 1 aliphatic heterocycles. The number of anilines is 1. The van der Waals surface area contributed by atoms with Gasteiger partial charge >= 0.3 is 0 Å². The zero-order valence-electron chi connectivity index (χ0n) is 11.7. The van der Waals surface area contributed by atoms with Crippen LogP contribution < -0.4 is 10.2 Å². The van der Waals surface area contributed by atoms with Gasteiger partial charge in [-0.3, -0.25) is 4.79 Å². The number of carbonyl (C=O) groups is 1. The van der Waals surface area contributed by atoms with Crippen LogP contribution in [0.5, 0.6) is 0 Å². The average Bonchev–Trinajstić information content (AvgIpc) is 2.51. The zero-order chi connectivity index (χ0) is 14.7. The minimum Gasteiger partial charge on any atom is -0.358 e. The van der Waals surface area contributed by atoms with Crippen molar-refractivity contribution >= 4 is 27.5 Å². The predicted octanol–water partition coefficient (Wildman–Crippen LogP) is 2.75. The molecule has 1 fully saturated rings. The fraction of sp³-hybridized carbons (Fsp3) is 0.467. The topological polar surface area (TPSA) is 56.1 Å². The van der Waals surface area contributed by atoms with Gasteiger partial charge in [0.05, 0.1) is 18.2 Å². The molecule has 4 nitrogen and oxygen atoms in total. The Balaban J connectivity index is 2.39. The summed E-state index contributed by atoms with van der Waals surface area (Å²) >= 11 is 3.57. The highest BCUT2D eigenvalue weighted by molar-refractivity contribution is 9.10. The maximum atomic E-state index is 12.3. The summed E-state index contributed by atoms with van der Waals surface area (Å²) in [6.07, 6.45) is 1.06. The number of nitrogens with zero attached hydrogens (tertiary/aromatic N) is 2. The minimum atomic E-state index is -0.427. The second-order valence-electron chi connectivity index (χ2n) is 5.22. The van der Waals surface area contributed by atoms with Crippen molar-refractivity contribution in [2.75, 3.05) is 11.4 Å². The van der Waals surface area contributed by atoms with E-state index in [0.29, 0.717) is 0 Å². The van der Waals surface area contributed by atoms with Gasteiger partial charge in [-0.15, -0.1) is 0 Å². The largest absolute Gasteiger partial charge is 0.358 e. The molecule has 0 aromatic heterocycles. The number of rotatable bonds is 2. The number of nitriles is 1. The molecule has 5 heteroatoms. The minimum absolute atomic E-state index is 0.0657. The molecule has 1 amide bonds. The van der Waals surface area contributed by atoms with Crippen molar-refractivity contribution in [3.05, 3.63) is 28.2 Å². The van der Waals surface area contributed by atoms with Gasteiger partial charge in [0.1, 0.15) is 6.04 Å². The summed E-state index contributed by atoms with van der Waals surface area (Å²) in [6, 6.07) is 7.90. The Morgan fingerprint density at radius 1 is 1.55 bits per heavy atom. The first-order valence-electron chi connectivity index (χ1n) is 6.73. The highest BCUT2D eigenvalue weighted by Crippen LogP contribution is 2.30. The lowest BCUT2D eigenvalue weighted by atomic mass is 10.1. The van der Waals surface area contributed by atoms with Crippen LogP contribution >= 0.6 is 15.9 Å². The smallest absolute Gasteiger partial charge is 0.243 e. The van der Waals surface area contributed by atoms with Gasteiger partial charge < -0.3 is 10.2 Å². The number of nitrogens with one attached hydrogen (secondary N) is 1. The van der Waals surface area contributed by atoms with Crippen LogP contribution in [-0.4, -0.2) is 24.5 Å². The predicted molar refractivity (Wildman–Crippen MR) is 82.5 cm³/mol. The van der Waals surface area contributed by atoms with Crippen LogP contribution in [0.1, 0.15) is 25.3 Å². The summed E-state index contributed by atoms with van der Waals surface area (Å²) < 4.78 is 0.961. The lowest BCUT2D eigenvalue weighted by Gasteiger charge is -2.30. The molecule has 0 radical (unpaired) electrons. The summed E-state index contributed by atoms with van der Waals surface area (Å²) in [4.78, 5) is 14.3. The van der Waals surface area contributed by atoms with Gasteiger partial charge in [-0.2, -0.15) is 5.26 Å². The number of aryl methyl sites for hydroxylation is 1. The first-order chi connectivity index (χ1) is 9.52. The Morgan fingerprint density at radius 3 is 2.95 bits per heavy atom. The van der Waals surface area contributed by atoms with E-state index in [9.17, 15) is 4.79 Å². The van der Waals surface area contributed by atoms with E-state index in [1.165, 1.54) is 0 Å². The molecule has 0 bridgehead atoms. The van der Waals surface area contributed by atoms with E-state index in [4.69, 9.17) is 5.26 Å². The number of halogens is 1. The van der Waals surface area contributed by atoms with Gasteiger partial charge in [0.2, 0.25) is 5.91 Å². The van der Waals surface area contributed by atoms with Crippen molar-refractivity contribution in [3.8, 4) is 6.07 Å². The van der Waals surface area contributed by atoms with Gasteiger partial charge in [-0.25, -0.2) is 0 Å². The van der Waals surface area contributed by atoms with Gasteiger partial charge in [-0.05, 0) is 53.9 Å². The fourth-order valence-electron chi connectivity index (χ4n) is 2.46. The molecule has 106 valence electrons. The number of hydrogen-bond acceptors (Lipinski definition) is 3. The SMILES string of the molecule is Cc1ccc(N2CCC(C)NC(=O)C2CC#N)c(Br)c1. The van der Waals surface area contributed by atoms with Crippen LogP contribution in [0.25, 0.3) is 0 Å². The Morgan fingerprint density at radius 2 is 2.30 bits per heavy atom. The number of amides is 1. The molecule has 1 N–H and O–H groups in total. The molecule has 2 unspecified atom stereocenters. The van der Waals surface area contributed by atoms with Crippen LogP contribution in [0.3, 0.4) is 0 Å². The molecule has 2 rings (SSSR count). The highest BCUT2D eigenvalue weighted by Gasteiger charge is 2.31. The van der Waals surface area contributed by atoms with Crippen molar-refractivity contribution in [1.29, 1.82) is 5.26 Å². The highest BCUT2D eigenvalue weighted by atomic mass is 79.9. The van der Waals surface area contributed by atoms with Gasteiger partial charge in [0, 0.05) is 17.1 Å². The Kier molecular flexibility index (Phi) is 4.66. The summed E-state index contributed by atoms with van der Waals surface area (Å²) in [5, 5.41) is 12.0. The normalized spacial score (nSPS) is 22.9. The van der Waals surface area contributed by atoms with Crippen LogP contribution in [0.4, 0.5) is 5.69 Å². The molecule has 1 aromatic carbocycles. The van der Waals surface area contributed by atoms with E-state index in [0.717, 1.165) is 28.7 Å². The molecule has 0 aliphatic carbocycles. The molecule has 0 spiro atoms. The van der Waals surface area contributed by atoms with E-state index in [1.807, 2.05) is 36.9 Å². The van der Waals surface area contributed by atoms with E-state index in [-0.39, 0.29) is 18.4 Å².